The normalized spacial score (nSPS) is 10.2. The molecule has 6 nitrogen and oxygen atoms in total. The van der Waals surface area contributed by atoms with Gasteiger partial charge in [0.25, 0.3) is 5.91 Å². The predicted molar refractivity (Wildman–Crippen MR) is 71.8 cm³/mol. The highest BCUT2D eigenvalue weighted by atomic mass is 16.5. The van der Waals surface area contributed by atoms with Gasteiger partial charge in [0, 0.05) is 11.9 Å². The highest BCUT2D eigenvalue weighted by molar-refractivity contribution is 6.01. The van der Waals surface area contributed by atoms with Crippen LogP contribution in [0.15, 0.2) is 30.5 Å². The van der Waals surface area contributed by atoms with Crippen molar-refractivity contribution in [1.82, 2.24) is 15.5 Å². The van der Waals surface area contributed by atoms with Crippen molar-refractivity contribution in [3.05, 3.63) is 41.7 Å². The Labute approximate surface area is 111 Å². The maximum atomic E-state index is 12.2. The topological polar surface area (TPSA) is 93.0 Å². The molecule has 1 aromatic heterocycles. The van der Waals surface area contributed by atoms with E-state index >= 15 is 0 Å². The number of hydrogen-bond acceptors (Lipinski definition) is 4. The monoisotopic (exact) mass is 260 g/mol. The number of anilines is 1. The van der Waals surface area contributed by atoms with Gasteiger partial charge in [-0.2, -0.15) is 5.10 Å². The molecule has 2 aromatic rings. The summed E-state index contributed by atoms with van der Waals surface area (Å²) >= 11 is 0. The molecule has 0 saturated heterocycles. The first kappa shape index (κ1) is 12.9. The first-order valence-electron chi connectivity index (χ1n) is 6.00. The maximum Gasteiger partial charge on any atom is 0.257 e. The number of ether oxygens (including phenoxy) is 1. The number of nitrogen functional groups attached to an aromatic ring is 1. The SMILES string of the molecule is CCOc1cccc(N)c1C(=O)NCc1ccn[nH]1. The van der Waals surface area contributed by atoms with Crippen LogP contribution in [0, 0.1) is 0 Å². The molecule has 4 N–H and O–H groups in total. The molecule has 100 valence electrons. The molecule has 1 aromatic carbocycles. The molecular formula is C13H16N4O2. The first-order valence-corrected chi connectivity index (χ1v) is 6.00. The Hall–Kier alpha value is -2.50. The standard InChI is InChI=1S/C13H16N4O2/c1-2-19-11-5-3-4-10(14)12(11)13(18)15-8-9-6-7-16-17-9/h3-7H,2,8,14H2,1H3,(H,15,18)(H,16,17). The predicted octanol–water partition coefficient (Wildman–Crippen LogP) is 1.32. The lowest BCUT2D eigenvalue weighted by Crippen LogP contribution is -2.24. The molecule has 1 heterocycles. The Morgan fingerprint density at radius 3 is 3.00 bits per heavy atom. The Bertz CT molecular complexity index is 552. The average molecular weight is 260 g/mol. The van der Waals surface area contributed by atoms with Crippen LogP contribution in [0.3, 0.4) is 0 Å². The van der Waals surface area contributed by atoms with E-state index in [0.29, 0.717) is 30.2 Å². The number of H-pyrrole nitrogens is 1. The van der Waals surface area contributed by atoms with Gasteiger partial charge in [0.1, 0.15) is 11.3 Å². The van der Waals surface area contributed by atoms with Crippen LogP contribution in [0.4, 0.5) is 5.69 Å². The summed E-state index contributed by atoms with van der Waals surface area (Å²) < 4.78 is 5.42. The van der Waals surface area contributed by atoms with Gasteiger partial charge in [0.2, 0.25) is 0 Å². The molecule has 0 spiro atoms. The summed E-state index contributed by atoms with van der Waals surface area (Å²) in [5, 5.41) is 9.35. The zero-order chi connectivity index (χ0) is 13.7. The van der Waals surface area contributed by atoms with Gasteiger partial charge in [-0.05, 0) is 25.1 Å². The van der Waals surface area contributed by atoms with Crippen LogP contribution >= 0.6 is 0 Å². The fraction of sp³-hybridized carbons (Fsp3) is 0.231. The van der Waals surface area contributed by atoms with Gasteiger partial charge in [0.05, 0.1) is 18.8 Å². The van der Waals surface area contributed by atoms with Crippen molar-refractivity contribution in [2.24, 2.45) is 0 Å². The highest BCUT2D eigenvalue weighted by Gasteiger charge is 2.15. The zero-order valence-electron chi connectivity index (χ0n) is 10.6. The minimum absolute atomic E-state index is 0.267. The van der Waals surface area contributed by atoms with Crippen molar-refractivity contribution < 1.29 is 9.53 Å². The third-order valence-corrected chi connectivity index (χ3v) is 2.58. The summed E-state index contributed by atoms with van der Waals surface area (Å²) in [5.74, 6) is 0.223. The van der Waals surface area contributed by atoms with Crippen molar-refractivity contribution in [3.8, 4) is 5.75 Å². The molecule has 0 aliphatic rings. The zero-order valence-corrected chi connectivity index (χ0v) is 10.6. The van der Waals surface area contributed by atoms with Crippen molar-refractivity contribution >= 4 is 11.6 Å². The van der Waals surface area contributed by atoms with E-state index in [1.807, 2.05) is 6.92 Å². The van der Waals surface area contributed by atoms with Gasteiger partial charge in [-0.15, -0.1) is 0 Å². The van der Waals surface area contributed by atoms with Crippen LogP contribution in [0.1, 0.15) is 23.0 Å². The number of benzene rings is 1. The van der Waals surface area contributed by atoms with Gasteiger partial charge < -0.3 is 15.8 Å². The number of carbonyl (C=O) groups is 1. The van der Waals surface area contributed by atoms with E-state index in [-0.39, 0.29) is 5.91 Å². The second-order valence-electron chi connectivity index (χ2n) is 3.92. The fourth-order valence-corrected chi connectivity index (χ4v) is 1.71. The average Bonchev–Trinajstić information content (AvgIpc) is 2.90. The van der Waals surface area contributed by atoms with Crippen LogP contribution in [-0.4, -0.2) is 22.7 Å². The van der Waals surface area contributed by atoms with E-state index in [4.69, 9.17) is 10.5 Å². The van der Waals surface area contributed by atoms with Gasteiger partial charge in [-0.3, -0.25) is 9.89 Å². The van der Waals surface area contributed by atoms with Crippen LogP contribution in [0.25, 0.3) is 0 Å². The van der Waals surface area contributed by atoms with Gasteiger partial charge in [-0.25, -0.2) is 0 Å². The smallest absolute Gasteiger partial charge is 0.257 e. The molecule has 0 fully saturated rings. The molecule has 0 aliphatic heterocycles. The van der Waals surface area contributed by atoms with E-state index in [1.165, 1.54) is 0 Å². The van der Waals surface area contributed by atoms with Crippen molar-refractivity contribution in [2.75, 3.05) is 12.3 Å². The van der Waals surface area contributed by atoms with Crippen molar-refractivity contribution in [2.45, 2.75) is 13.5 Å². The molecule has 0 bridgehead atoms. The number of nitrogens with zero attached hydrogens (tertiary/aromatic N) is 1. The number of aromatic amines is 1. The molecule has 19 heavy (non-hydrogen) atoms. The van der Waals surface area contributed by atoms with Gasteiger partial charge >= 0.3 is 0 Å². The van der Waals surface area contributed by atoms with E-state index in [9.17, 15) is 4.79 Å². The molecule has 1 amide bonds. The van der Waals surface area contributed by atoms with Crippen LogP contribution in [-0.2, 0) is 6.54 Å². The van der Waals surface area contributed by atoms with E-state index < -0.39 is 0 Å². The lowest BCUT2D eigenvalue weighted by Gasteiger charge is -2.12. The minimum atomic E-state index is -0.267. The lowest BCUT2D eigenvalue weighted by atomic mass is 10.1. The fourth-order valence-electron chi connectivity index (χ4n) is 1.71. The third-order valence-electron chi connectivity index (χ3n) is 2.58. The van der Waals surface area contributed by atoms with Gasteiger partial charge in [0.15, 0.2) is 0 Å². The molecule has 0 saturated carbocycles. The second-order valence-corrected chi connectivity index (χ2v) is 3.92. The van der Waals surface area contributed by atoms with E-state index in [1.54, 1.807) is 30.5 Å². The minimum Gasteiger partial charge on any atom is -0.493 e. The molecule has 0 radical (unpaired) electrons. The van der Waals surface area contributed by atoms with Crippen molar-refractivity contribution in [1.29, 1.82) is 0 Å². The largest absolute Gasteiger partial charge is 0.493 e. The molecule has 6 heteroatoms. The summed E-state index contributed by atoms with van der Waals surface area (Å²) in [6, 6.07) is 6.95. The quantitative estimate of drug-likeness (QED) is 0.707. The van der Waals surface area contributed by atoms with E-state index in [2.05, 4.69) is 15.5 Å². The Balaban J connectivity index is 2.13. The number of rotatable bonds is 5. The number of nitrogens with one attached hydrogen (secondary N) is 2. The summed E-state index contributed by atoms with van der Waals surface area (Å²) in [6.45, 7) is 2.69. The number of nitrogens with two attached hydrogens (primary N) is 1. The van der Waals surface area contributed by atoms with Crippen LogP contribution in [0.2, 0.25) is 0 Å². The Kier molecular flexibility index (Phi) is 4.02. The van der Waals surface area contributed by atoms with Crippen LogP contribution in [0.5, 0.6) is 5.75 Å². The molecular weight excluding hydrogens is 244 g/mol. The number of amides is 1. The first-order chi connectivity index (χ1) is 9.22. The molecule has 2 rings (SSSR count). The third kappa shape index (κ3) is 3.04. The van der Waals surface area contributed by atoms with Crippen LogP contribution < -0.4 is 15.8 Å². The number of aromatic nitrogens is 2. The Morgan fingerprint density at radius 1 is 1.47 bits per heavy atom. The summed E-state index contributed by atoms with van der Waals surface area (Å²) in [4.78, 5) is 12.2. The highest BCUT2D eigenvalue weighted by Crippen LogP contribution is 2.24. The van der Waals surface area contributed by atoms with Crippen molar-refractivity contribution in [3.63, 3.8) is 0 Å². The Morgan fingerprint density at radius 2 is 2.32 bits per heavy atom. The van der Waals surface area contributed by atoms with E-state index in [0.717, 1.165) is 5.69 Å². The molecule has 0 aliphatic carbocycles. The van der Waals surface area contributed by atoms with Gasteiger partial charge in [-0.1, -0.05) is 6.07 Å². The summed E-state index contributed by atoms with van der Waals surface area (Å²) in [5.41, 5.74) is 7.42. The second kappa shape index (κ2) is 5.90. The molecule has 0 unspecified atom stereocenters. The number of hydrogen-bond donors (Lipinski definition) is 3. The lowest BCUT2D eigenvalue weighted by molar-refractivity contribution is 0.0947. The number of carbonyl (C=O) groups excluding carboxylic acids is 1. The summed E-state index contributed by atoms with van der Waals surface area (Å²) in [6.07, 6.45) is 1.63. The maximum absolute atomic E-state index is 12.2. The molecule has 0 atom stereocenters. The summed E-state index contributed by atoms with van der Waals surface area (Å²) in [7, 11) is 0.